The zero-order chi connectivity index (χ0) is 16.8. The molecule has 1 N–H and O–H groups in total. The van der Waals surface area contributed by atoms with Crippen LogP contribution >= 0.6 is 0 Å². The zero-order valence-electron chi connectivity index (χ0n) is 13.9. The number of aromatic nitrogens is 2. The fourth-order valence-corrected chi connectivity index (χ4v) is 2.80. The first-order valence-electron chi connectivity index (χ1n) is 8.20. The Bertz CT molecular complexity index is 705. The van der Waals surface area contributed by atoms with Gasteiger partial charge < -0.3 is 15.0 Å². The summed E-state index contributed by atoms with van der Waals surface area (Å²) in [5.74, 6) is 0.432. The van der Waals surface area contributed by atoms with Crippen LogP contribution in [0.25, 0.3) is 0 Å². The van der Waals surface area contributed by atoms with E-state index < -0.39 is 0 Å². The molecule has 1 amide bonds. The van der Waals surface area contributed by atoms with E-state index in [4.69, 9.17) is 4.74 Å². The molecule has 0 fully saturated rings. The van der Waals surface area contributed by atoms with Gasteiger partial charge in [-0.1, -0.05) is 24.3 Å². The van der Waals surface area contributed by atoms with Crippen molar-refractivity contribution in [3.05, 3.63) is 53.3 Å². The number of ether oxygens (including phenoxy) is 1. The van der Waals surface area contributed by atoms with Crippen molar-refractivity contribution in [3.63, 3.8) is 0 Å². The van der Waals surface area contributed by atoms with Crippen LogP contribution in [0.15, 0.2) is 36.5 Å². The highest BCUT2D eigenvalue weighted by Gasteiger charge is 2.19. The quantitative estimate of drug-likeness (QED) is 0.820. The Morgan fingerprint density at radius 2 is 2.12 bits per heavy atom. The molecule has 0 saturated heterocycles. The molecule has 0 spiro atoms. The Morgan fingerprint density at radius 1 is 1.29 bits per heavy atom. The van der Waals surface area contributed by atoms with Gasteiger partial charge in [-0.25, -0.2) is 9.97 Å². The Kier molecular flexibility index (Phi) is 5.38. The van der Waals surface area contributed by atoms with E-state index in [9.17, 15) is 4.79 Å². The summed E-state index contributed by atoms with van der Waals surface area (Å²) in [6, 6.07) is 10.1. The van der Waals surface area contributed by atoms with Crippen LogP contribution in [-0.2, 0) is 17.7 Å². The fraction of sp³-hybridized carbons (Fsp3) is 0.389. The summed E-state index contributed by atoms with van der Waals surface area (Å²) in [7, 11) is 1.65. The van der Waals surface area contributed by atoms with Crippen molar-refractivity contribution in [2.45, 2.75) is 19.4 Å². The lowest BCUT2D eigenvalue weighted by molar-refractivity contribution is 0.0943. The third kappa shape index (κ3) is 3.89. The van der Waals surface area contributed by atoms with Crippen LogP contribution in [0.4, 0.5) is 5.95 Å². The normalized spacial score (nSPS) is 13.5. The van der Waals surface area contributed by atoms with E-state index in [0.29, 0.717) is 24.8 Å². The monoisotopic (exact) mass is 326 g/mol. The Morgan fingerprint density at radius 3 is 2.96 bits per heavy atom. The molecule has 0 radical (unpaired) electrons. The second kappa shape index (κ2) is 7.88. The molecule has 1 aromatic carbocycles. The van der Waals surface area contributed by atoms with Crippen molar-refractivity contribution in [2.75, 3.05) is 31.7 Å². The van der Waals surface area contributed by atoms with Gasteiger partial charge in [0.2, 0.25) is 5.95 Å². The van der Waals surface area contributed by atoms with E-state index in [1.807, 2.05) is 6.07 Å². The first-order chi connectivity index (χ1) is 11.8. The van der Waals surface area contributed by atoms with Crippen LogP contribution in [0.1, 0.15) is 28.0 Å². The van der Waals surface area contributed by atoms with Gasteiger partial charge >= 0.3 is 0 Å². The van der Waals surface area contributed by atoms with Crippen molar-refractivity contribution in [1.82, 2.24) is 15.3 Å². The summed E-state index contributed by atoms with van der Waals surface area (Å²) in [4.78, 5) is 23.1. The Labute approximate surface area is 141 Å². The average Bonchev–Trinajstić information content (AvgIpc) is 2.65. The summed E-state index contributed by atoms with van der Waals surface area (Å²) in [5.41, 5.74) is 3.07. The van der Waals surface area contributed by atoms with E-state index in [2.05, 4.69) is 38.4 Å². The number of methoxy groups -OCH3 is 1. The lowest BCUT2D eigenvalue weighted by Gasteiger charge is -2.28. The highest BCUT2D eigenvalue weighted by Crippen LogP contribution is 2.21. The first kappa shape index (κ1) is 16.4. The standard InChI is InChI=1S/C18H22N4O2/c1-24-12-4-9-19-17(23)16-7-10-20-18(21-16)22-11-8-14-5-2-3-6-15(14)13-22/h2-3,5-7,10H,4,8-9,11-13H2,1H3,(H,19,23). The number of nitrogens with one attached hydrogen (secondary N) is 1. The minimum absolute atomic E-state index is 0.174. The van der Waals surface area contributed by atoms with Crippen LogP contribution < -0.4 is 10.2 Å². The molecule has 6 heteroatoms. The average molecular weight is 326 g/mol. The molecule has 0 saturated carbocycles. The molecule has 6 nitrogen and oxygen atoms in total. The highest BCUT2D eigenvalue weighted by atomic mass is 16.5. The van der Waals surface area contributed by atoms with Gasteiger partial charge in [-0.3, -0.25) is 4.79 Å². The first-order valence-corrected chi connectivity index (χ1v) is 8.20. The molecule has 1 aromatic heterocycles. The van der Waals surface area contributed by atoms with Crippen molar-refractivity contribution < 1.29 is 9.53 Å². The van der Waals surface area contributed by atoms with E-state index >= 15 is 0 Å². The highest BCUT2D eigenvalue weighted by molar-refractivity contribution is 5.92. The molecule has 0 aliphatic carbocycles. The van der Waals surface area contributed by atoms with E-state index in [-0.39, 0.29) is 5.91 Å². The van der Waals surface area contributed by atoms with Gasteiger partial charge in [-0.05, 0) is 30.0 Å². The van der Waals surface area contributed by atoms with Crippen molar-refractivity contribution >= 4 is 11.9 Å². The molecule has 3 rings (SSSR count). The predicted molar refractivity (Wildman–Crippen MR) is 92.1 cm³/mol. The lowest BCUT2D eigenvalue weighted by Crippen LogP contribution is -2.33. The third-order valence-electron chi connectivity index (χ3n) is 4.10. The second-order valence-corrected chi connectivity index (χ2v) is 5.78. The summed E-state index contributed by atoms with van der Waals surface area (Å²) in [5, 5.41) is 2.85. The van der Waals surface area contributed by atoms with Crippen LogP contribution in [-0.4, -0.2) is 42.7 Å². The summed E-state index contributed by atoms with van der Waals surface area (Å²) >= 11 is 0. The largest absolute Gasteiger partial charge is 0.385 e. The minimum atomic E-state index is -0.174. The topological polar surface area (TPSA) is 67.3 Å². The maximum atomic E-state index is 12.2. The van der Waals surface area contributed by atoms with E-state index in [1.54, 1.807) is 19.4 Å². The maximum Gasteiger partial charge on any atom is 0.270 e. The number of fused-ring (bicyclic) bond motifs is 1. The molecular weight excluding hydrogens is 304 g/mol. The number of nitrogens with zero attached hydrogens (tertiary/aromatic N) is 3. The summed E-state index contributed by atoms with van der Waals surface area (Å²) in [6.45, 7) is 2.83. The number of rotatable bonds is 6. The minimum Gasteiger partial charge on any atom is -0.385 e. The Balaban J connectivity index is 1.66. The van der Waals surface area contributed by atoms with Gasteiger partial charge in [-0.2, -0.15) is 0 Å². The molecule has 126 valence electrons. The van der Waals surface area contributed by atoms with Gasteiger partial charge in [0, 0.05) is 39.5 Å². The van der Waals surface area contributed by atoms with Crippen LogP contribution in [0, 0.1) is 0 Å². The number of amides is 1. The second-order valence-electron chi connectivity index (χ2n) is 5.78. The Hall–Kier alpha value is -2.47. The summed E-state index contributed by atoms with van der Waals surface area (Å²) < 4.78 is 4.97. The number of carbonyl (C=O) groups excluding carboxylic acids is 1. The van der Waals surface area contributed by atoms with E-state index in [1.165, 1.54) is 11.1 Å². The van der Waals surface area contributed by atoms with Gasteiger partial charge in [-0.15, -0.1) is 0 Å². The predicted octanol–water partition coefficient (Wildman–Crippen LogP) is 1.81. The lowest BCUT2D eigenvalue weighted by atomic mass is 10.0. The van der Waals surface area contributed by atoms with Crippen LogP contribution in [0.2, 0.25) is 0 Å². The van der Waals surface area contributed by atoms with Gasteiger partial charge in [0.05, 0.1) is 0 Å². The SMILES string of the molecule is COCCCNC(=O)c1ccnc(N2CCc3ccccc3C2)n1. The molecule has 0 bridgehead atoms. The number of hydrogen-bond donors (Lipinski definition) is 1. The molecule has 24 heavy (non-hydrogen) atoms. The number of carbonyl (C=O) groups is 1. The summed E-state index contributed by atoms with van der Waals surface area (Å²) in [6.07, 6.45) is 3.39. The van der Waals surface area contributed by atoms with Crippen molar-refractivity contribution in [3.8, 4) is 0 Å². The van der Waals surface area contributed by atoms with Crippen LogP contribution in [0.3, 0.4) is 0 Å². The molecule has 2 heterocycles. The zero-order valence-corrected chi connectivity index (χ0v) is 13.9. The molecular formula is C18H22N4O2. The molecule has 1 aliphatic heterocycles. The van der Waals surface area contributed by atoms with Crippen molar-refractivity contribution in [2.24, 2.45) is 0 Å². The number of hydrogen-bond acceptors (Lipinski definition) is 5. The fourth-order valence-electron chi connectivity index (χ4n) is 2.80. The molecule has 1 aliphatic rings. The van der Waals surface area contributed by atoms with Gasteiger partial charge in [0.15, 0.2) is 0 Å². The third-order valence-corrected chi connectivity index (χ3v) is 4.10. The number of anilines is 1. The van der Waals surface area contributed by atoms with Crippen molar-refractivity contribution in [1.29, 1.82) is 0 Å². The molecule has 2 aromatic rings. The van der Waals surface area contributed by atoms with E-state index in [0.717, 1.165) is 25.9 Å². The number of benzene rings is 1. The molecule has 0 atom stereocenters. The van der Waals surface area contributed by atoms with Gasteiger partial charge in [0.1, 0.15) is 5.69 Å². The molecule has 0 unspecified atom stereocenters. The smallest absolute Gasteiger partial charge is 0.270 e. The van der Waals surface area contributed by atoms with Gasteiger partial charge in [0.25, 0.3) is 5.91 Å². The van der Waals surface area contributed by atoms with Crippen LogP contribution in [0.5, 0.6) is 0 Å². The maximum absolute atomic E-state index is 12.2.